The van der Waals surface area contributed by atoms with Gasteiger partial charge in [0.25, 0.3) is 5.91 Å². The average molecular weight is 288 g/mol. The summed E-state index contributed by atoms with van der Waals surface area (Å²) < 4.78 is 11.1. The molecular formula is C10H10BrNO4. The molecule has 0 spiro atoms. The molecule has 5 nitrogen and oxygen atoms in total. The van der Waals surface area contributed by atoms with Crippen LogP contribution in [0.2, 0.25) is 0 Å². The second-order valence-electron chi connectivity index (χ2n) is 3.21. The second kappa shape index (κ2) is 4.31. The number of carbonyl (C=O) groups is 1. The van der Waals surface area contributed by atoms with Crippen LogP contribution in [0.3, 0.4) is 0 Å². The summed E-state index contributed by atoms with van der Waals surface area (Å²) in [7, 11) is 1.51. The number of hydrogen-bond acceptors (Lipinski definition) is 4. The van der Waals surface area contributed by atoms with Gasteiger partial charge in [-0.15, -0.1) is 0 Å². The Morgan fingerprint density at radius 1 is 1.62 bits per heavy atom. The monoisotopic (exact) mass is 287 g/mol. The Balaban J connectivity index is 2.54. The first-order chi connectivity index (χ1) is 7.69. The number of carbonyl (C=O) groups excluding carboxylic acids is 1. The van der Waals surface area contributed by atoms with Crippen LogP contribution in [-0.4, -0.2) is 36.5 Å². The van der Waals surface area contributed by atoms with Crippen molar-refractivity contribution in [3.8, 4) is 11.5 Å². The van der Waals surface area contributed by atoms with E-state index in [2.05, 4.69) is 15.9 Å². The maximum atomic E-state index is 11.9. The number of amides is 1. The van der Waals surface area contributed by atoms with Crippen LogP contribution in [0.1, 0.15) is 10.4 Å². The van der Waals surface area contributed by atoms with Crippen molar-refractivity contribution in [2.24, 2.45) is 0 Å². The van der Waals surface area contributed by atoms with Gasteiger partial charge >= 0.3 is 0 Å². The van der Waals surface area contributed by atoms with E-state index in [9.17, 15) is 4.79 Å². The van der Waals surface area contributed by atoms with Crippen molar-refractivity contribution in [3.05, 3.63) is 22.2 Å². The van der Waals surface area contributed by atoms with E-state index in [1.807, 2.05) is 0 Å². The van der Waals surface area contributed by atoms with Gasteiger partial charge in [0.05, 0.1) is 12.7 Å². The molecule has 0 atom stereocenters. The van der Waals surface area contributed by atoms with Crippen LogP contribution in [0.4, 0.5) is 0 Å². The van der Waals surface area contributed by atoms with Gasteiger partial charge in [-0.1, -0.05) is 0 Å². The summed E-state index contributed by atoms with van der Waals surface area (Å²) >= 11 is 3.28. The Kier molecular flexibility index (Phi) is 3.02. The lowest BCUT2D eigenvalue weighted by Gasteiger charge is -2.28. The number of aliphatic hydroxyl groups is 1. The normalized spacial score (nSPS) is 14.4. The summed E-state index contributed by atoms with van der Waals surface area (Å²) in [6.45, 7) is -0.350. The Labute approximate surface area is 101 Å². The second-order valence-corrected chi connectivity index (χ2v) is 4.07. The smallest absolute Gasteiger partial charge is 0.263 e. The van der Waals surface area contributed by atoms with Crippen LogP contribution in [0.15, 0.2) is 16.6 Å². The third kappa shape index (κ3) is 1.64. The largest absolute Gasteiger partial charge is 0.493 e. The fourth-order valence-corrected chi connectivity index (χ4v) is 1.99. The fraction of sp³-hybridized carbons (Fsp3) is 0.300. The highest BCUT2D eigenvalue weighted by molar-refractivity contribution is 9.10. The van der Waals surface area contributed by atoms with E-state index in [4.69, 9.17) is 14.6 Å². The average Bonchev–Trinajstić information content (AvgIpc) is 2.30. The first-order valence-corrected chi connectivity index (χ1v) is 5.37. The summed E-state index contributed by atoms with van der Waals surface area (Å²) in [5.41, 5.74) is 0.375. The number of benzene rings is 1. The molecule has 0 bridgehead atoms. The molecule has 1 amide bonds. The van der Waals surface area contributed by atoms with E-state index in [1.54, 1.807) is 12.1 Å². The molecular weight excluding hydrogens is 278 g/mol. The molecule has 6 heteroatoms. The lowest BCUT2D eigenvalue weighted by atomic mass is 10.1. The van der Waals surface area contributed by atoms with E-state index in [1.165, 1.54) is 12.0 Å². The number of methoxy groups -OCH3 is 1. The molecule has 1 aromatic carbocycles. The Morgan fingerprint density at radius 2 is 2.38 bits per heavy atom. The molecule has 86 valence electrons. The minimum Gasteiger partial charge on any atom is -0.493 e. The van der Waals surface area contributed by atoms with Crippen molar-refractivity contribution in [1.29, 1.82) is 0 Å². The quantitative estimate of drug-likeness (QED) is 0.888. The first-order valence-electron chi connectivity index (χ1n) is 4.58. The van der Waals surface area contributed by atoms with Crippen molar-refractivity contribution in [2.45, 2.75) is 0 Å². The SMILES string of the molecule is COc1ccc(Br)c2c1OCN(CO)C2=O. The third-order valence-electron chi connectivity index (χ3n) is 2.33. The minimum atomic E-state index is -0.373. The summed E-state index contributed by atoms with van der Waals surface area (Å²) in [4.78, 5) is 13.1. The van der Waals surface area contributed by atoms with Crippen molar-refractivity contribution >= 4 is 21.8 Å². The standard InChI is InChI=1S/C10H10BrNO4/c1-15-7-3-2-6(11)8-9(7)16-5-12(4-13)10(8)14/h2-3,13H,4-5H2,1H3. The third-order valence-corrected chi connectivity index (χ3v) is 2.99. The van der Waals surface area contributed by atoms with Crippen molar-refractivity contribution < 1.29 is 19.4 Å². The Morgan fingerprint density at radius 3 is 3.00 bits per heavy atom. The highest BCUT2D eigenvalue weighted by Crippen LogP contribution is 2.39. The molecule has 2 rings (SSSR count). The molecule has 1 aromatic rings. The van der Waals surface area contributed by atoms with Gasteiger partial charge in [-0.3, -0.25) is 9.69 Å². The van der Waals surface area contributed by atoms with Gasteiger partial charge in [-0.05, 0) is 28.1 Å². The van der Waals surface area contributed by atoms with Gasteiger partial charge in [-0.2, -0.15) is 0 Å². The molecule has 0 saturated carbocycles. The summed E-state index contributed by atoms with van der Waals surface area (Å²) in [5, 5.41) is 8.98. The van der Waals surface area contributed by atoms with E-state index in [0.29, 0.717) is 21.5 Å². The molecule has 0 aliphatic carbocycles. The molecule has 0 saturated heterocycles. The lowest BCUT2D eigenvalue weighted by molar-refractivity contribution is 0.0209. The van der Waals surface area contributed by atoms with Gasteiger partial charge < -0.3 is 14.6 Å². The molecule has 1 aliphatic rings. The van der Waals surface area contributed by atoms with E-state index >= 15 is 0 Å². The maximum Gasteiger partial charge on any atom is 0.263 e. The van der Waals surface area contributed by atoms with E-state index < -0.39 is 0 Å². The van der Waals surface area contributed by atoms with Crippen LogP contribution in [0.5, 0.6) is 11.5 Å². The van der Waals surface area contributed by atoms with Gasteiger partial charge in [0.1, 0.15) is 6.73 Å². The van der Waals surface area contributed by atoms with Gasteiger partial charge in [0, 0.05) is 4.47 Å². The minimum absolute atomic E-state index is 0.0230. The Hall–Kier alpha value is -1.27. The maximum absolute atomic E-state index is 11.9. The zero-order chi connectivity index (χ0) is 11.7. The predicted molar refractivity (Wildman–Crippen MR) is 59.4 cm³/mol. The number of aliphatic hydroxyl groups excluding tert-OH is 1. The number of fused-ring (bicyclic) bond motifs is 1. The van der Waals surface area contributed by atoms with Crippen molar-refractivity contribution in [1.82, 2.24) is 4.90 Å². The van der Waals surface area contributed by atoms with Crippen molar-refractivity contribution in [3.63, 3.8) is 0 Å². The molecule has 1 heterocycles. The first kappa shape index (κ1) is 11.2. The summed E-state index contributed by atoms with van der Waals surface area (Å²) in [5.74, 6) is 0.630. The van der Waals surface area contributed by atoms with Crippen LogP contribution >= 0.6 is 15.9 Å². The fourth-order valence-electron chi connectivity index (χ4n) is 1.51. The number of halogens is 1. The lowest BCUT2D eigenvalue weighted by Crippen LogP contribution is -2.39. The number of hydrogen-bond donors (Lipinski definition) is 1. The highest BCUT2D eigenvalue weighted by Gasteiger charge is 2.29. The molecule has 1 aliphatic heterocycles. The zero-order valence-corrected chi connectivity index (χ0v) is 10.2. The molecule has 16 heavy (non-hydrogen) atoms. The molecule has 0 unspecified atom stereocenters. The van der Waals surface area contributed by atoms with Crippen LogP contribution in [-0.2, 0) is 0 Å². The summed E-state index contributed by atoms with van der Waals surface area (Å²) in [6, 6.07) is 3.42. The van der Waals surface area contributed by atoms with Gasteiger partial charge in [0.2, 0.25) is 0 Å². The van der Waals surface area contributed by atoms with Crippen LogP contribution < -0.4 is 9.47 Å². The van der Waals surface area contributed by atoms with Gasteiger partial charge in [0.15, 0.2) is 18.2 Å². The Bertz CT molecular complexity index is 435. The zero-order valence-electron chi connectivity index (χ0n) is 8.57. The molecule has 0 aromatic heterocycles. The van der Waals surface area contributed by atoms with E-state index in [0.717, 1.165) is 0 Å². The molecule has 0 fully saturated rings. The molecule has 0 radical (unpaired) electrons. The van der Waals surface area contributed by atoms with Crippen molar-refractivity contribution in [2.75, 3.05) is 20.6 Å². The van der Waals surface area contributed by atoms with Crippen LogP contribution in [0, 0.1) is 0 Å². The van der Waals surface area contributed by atoms with Gasteiger partial charge in [-0.25, -0.2) is 0 Å². The number of nitrogens with zero attached hydrogens (tertiary/aromatic N) is 1. The topological polar surface area (TPSA) is 59.0 Å². The highest BCUT2D eigenvalue weighted by atomic mass is 79.9. The predicted octanol–water partition coefficient (Wildman–Crippen LogP) is 1.20. The van der Waals surface area contributed by atoms with E-state index in [-0.39, 0.29) is 19.4 Å². The number of rotatable bonds is 2. The van der Waals surface area contributed by atoms with Crippen LogP contribution in [0.25, 0.3) is 0 Å². The number of ether oxygens (including phenoxy) is 2. The summed E-state index contributed by atoms with van der Waals surface area (Å²) in [6.07, 6.45) is 0. The molecule has 1 N–H and O–H groups in total.